The van der Waals surface area contributed by atoms with E-state index in [1.54, 1.807) is 0 Å². The number of rotatable bonds is 5. The first-order valence-corrected chi connectivity index (χ1v) is 9.07. The third-order valence-corrected chi connectivity index (χ3v) is 4.81. The molecule has 1 N–H and O–H groups in total. The van der Waals surface area contributed by atoms with Gasteiger partial charge in [0.25, 0.3) is 5.91 Å². The van der Waals surface area contributed by atoms with Crippen LogP contribution in [0.3, 0.4) is 0 Å². The second kappa shape index (κ2) is 7.23. The van der Waals surface area contributed by atoms with E-state index in [9.17, 15) is 4.79 Å². The van der Waals surface area contributed by atoms with Gasteiger partial charge in [0.2, 0.25) is 0 Å². The maximum Gasteiger partial charge on any atom is 0.272 e. The molecule has 2 aromatic rings. The van der Waals surface area contributed by atoms with Crippen molar-refractivity contribution in [3.05, 3.63) is 59.8 Å². The molecule has 130 valence electrons. The number of carbonyl (C=O) groups is 1. The number of nitrogens with zero attached hydrogens (tertiary/aromatic N) is 3. The van der Waals surface area contributed by atoms with E-state index >= 15 is 0 Å². The third kappa shape index (κ3) is 4.17. The molecule has 0 radical (unpaired) electrons. The molecule has 4 rings (SSSR count). The summed E-state index contributed by atoms with van der Waals surface area (Å²) in [5.41, 5.74) is 1.87. The first kappa shape index (κ1) is 16.1. The topological polar surface area (TPSA) is 48.5 Å². The largest absolute Gasteiger partial charge is 0.367 e. The smallest absolute Gasteiger partial charge is 0.272 e. The summed E-state index contributed by atoms with van der Waals surface area (Å²) in [7, 11) is 0. The van der Waals surface area contributed by atoms with Crippen molar-refractivity contribution in [1.82, 2.24) is 14.8 Å². The van der Waals surface area contributed by atoms with E-state index in [0.29, 0.717) is 11.7 Å². The van der Waals surface area contributed by atoms with Crippen LogP contribution in [-0.4, -0.2) is 52.9 Å². The second-order valence-electron chi connectivity index (χ2n) is 6.88. The maximum atomic E-state index is 12.7. The van der Waals surface area contributed by atoms with Crippen LogP contribution in [0.25, 0.3) is 0 Å². The lowest BCUT2D eigenvalue weighted by atomic mass is 10.2. The Labute approximate surface area is 148 Å². The number of hydrogen-bond acceptors (Lipinski definition) is 4. The van der Waals surface area contributed by atoms with Crippen LogP contribution in [0.15, 0.2) is 48.5 Å². The highest BCUT2D eigenvalue weighted by molar-refractivity contribution is 5.92. The Kier molecular flexibility index (Phi) is 4.65. The summed E-state index contributed by atoms with van der Waals surface area (Å²) in [5.74, 6) is 0.856. The summed E-state index contributed by atoms with van der Waals surface area (Å²) in [4.78, 5) is 21.6. The average Bonchev–Trinajstić information content (AvgIpc) is 3.47. The molecule has 2 heterocycles. The molecular weight excluding hydrogens is 312 g/mol. The lowest BCUT2D eigenvalue weighted by Crippen LogP contribution is -2.48. The van der Waals surface area contributed by atoms with Gasteiger partial charge in [-0.3, -0.25) is 9.69 Å². The van der Waals surface area contributed by atoms with Gasteiger partial charge in [-0.05, 0) is 30.5 Å². The monoisotopic (exact) mass is 336 g/mol. The molecule has 1 saturated carbocycles. The Morgan fingerprint density at radius 3 is 2.48 bits per heavy atom. The number of aromatic nitrogens is 1. The average molecular weight is 336 g/mol. The van der Waals surface area contributed by atoms with Gasteiger partial charge in [-0.2, -0.15) is 0 Å². The molecular formula is C20H24N4O. The summed E-state index contributed by atoms with van der Waals surface area (Å²) in [6.45, 7) is 4.27. The number of piperazine rings is 1. The zero-order valence-corrected chi connectivity index (χ0v) is 14.4. The molecule has 1 amide bonds. The van der Waals surface area contributed by atoms with Gasteiger partial charge in [-0.1, -0.05) is 36.4 Å². The van der Waals surface area contributed by atoms with Gasteiger partial charge in [0.1, 0.15) is 11.5 Å². The van der Waals surface area contributed by atoms with E-state index in [2.05, 4.69) is 39.5 Å². The minimum Gasteiger partial charge on any atom is -0.367 e. The second-order valence-corrected chi connectivity index (χ2v) is 6.88. The predicted molar refractivity (Wildman–Crippen MR) is 98.5 cm³/mol. The highest BCUT2D eigenvalue weighted by Crippen LogP contribution is 2.23. The Balaban J connectivity index is 1.33. The zero-order valence-electron chi connectivity index (χ0n) is 14.4. The predicted octanol–water partition coefficient (Wildman–Crippen LogP) is 2.61. The van der Waals surface area contributed by atoms with E-state index in [1.165, 1.54) is 18.4 Å². The molecule has 1 aromatic carbocycles. The molecule has 5 nitrogen and oxygen atoms in total. The quantitative estimate of drug-likeness (QED) is 0.912. The van der Waals surface area contributed by atoms with E-state index in [0.717, 1.165) is 38.5 Å². The maximum absolute atomic E-state index is 12.7. The molecule has 1 saturated heterocycles. The summed E-state index contributed by atoms with van der Waals surface area (Å²) in [6.07, 6.45) is 2.40. The Hall–Kier alpha value is -2.40. The van der Waals surface area contributed by atoms with Crippen molar-refractivity contribution < 1.29 is 4.79 Å². The van der Waals surface area contributed by atoms with Crippen LogP contribution in [0.2, 0.25) is 0 Å². The van der Waals surface area contributed by atoms with E-state index < -0.39 is 0 Å². The normalized spacial score (nSPS) is 18.2. The van der Waals surface area contributed by atoms with Gasteiger partial charge >= 0.3 is 0 Å². The number of amides is 1. The number of anilines is 1. The molecule has 0 atom stereocenters. The van der Waals surface area contributed by atoms with Crippen molar-refractivity contribution in [2.45, 2.75) is 25.4 Å². The van der Waals surface area contributed by atoms with E-state index in [-0.39, 0.29) is 5.91 Å². The number of hydrogen-bond donors (Lipinski definition) is 1. The molecule has 1 aliphatic carbocycles. The molecule has 2 fully saturated rings. The summed E-state index contributed by atoms with van der Waals surface area (Å²) >= 11 is 0. The molecule has 1 aliphatic heterocycles. The zero-order chi connectivity index (χ0) is 17.1. The SMILES string of the molecule is O=C(c1cccc(NC2CC2)n1)N1CCN(Cc2ccccc2)CC1. The highest BCUT2D eigenvalue weighted by Gasteiger charge is 2.24. The van der Waals surface area contributed by atoms with Crippen molar-refractivity contribution in [2.24, 2.45) is 0 Å². The standard InChI is InChI=1S/C20H24N4O/c25-20(18-7-4-8-19(22-18)21-17-9-10-17)24-13-11-23(12-14-24)15-16-5-2-1-3-6-16/h1-8,17H,9-15H2,(H,21,22). The van der Waals surface area contributed by atoms with Crippen molar-refractivity contribution in [3.63, 3.8) is 0 Å². The van der Waals surface area contributed by atoms with Gasteiger partial charge in [-0.25, -0.2) is 4.98 Å². The summed E-state index contributed by atoms with van der Waals surface area (Å²) < 4.78 is 0. The summed E-state index contributed by atoms with van der Waals surface area (Å²) in [5, 5.41) is 3.36. The van der Waals surface area contributed by atoms with E-state index in [1.807, 2.05) is 29.2 Å². The Bertz CT molecular complexity index is 721. The van der Waals surface area contributed by atoms with Crippen LogP contribution in [0, 0.1) is 0 Å². The van der Waals surface area contributed by atoms with Gasteiger partial charge in [0, 0.05) is 38.8 Å². The fourth-order valence-corrected chi connectivity index (χ4v) is 3.18. The molecule has 0 bridgehead atoms. The molecule has 5 heteroatoms. The fourth-order valence-electron chi connectivity index (χ4n) is 3.18. The Morgan fingerprint density at radius 2 is 1.76 bits per heavy atom. The molecule has 1 aromatic heterocycles. The van der Waals surface area contributed by atoms with Crippen molar-refractivity contribution in [3.8, 4) is 0 Å². The van der Waals surface area contributed by atoms with Crippen molar-refractivity contribution in [1.29, 1.82) is 0 Å². The molecule has 25 heavy (non-hydrogen) atoms. The van der Waals surface area contributed by atoms with Crippen molar-refractivity contribution >= 4 is 11.7 Å². The number of benzene rings is 1. The van der Waals surface area contributed by atoms with Crippen LogP contribution >= 0.6 is 0 Å². The number of pyridine rings is 1. The minimum absolute atomic E-state index is 0.0406. The first-order valence-electron chi connectivity index (χ1n) is 9.07. The molecule has 2 aliphatic rings. The minimum atomic E-state index is 0.0406. The first-order chi connectivity index (χ1) is 12.3. The van der Waals surface area contributed by atoms with Crippen molar-refractivity contribution in [2.75, 3.05) is 31.5 Å². The molecule has 0 unspecified atom stereocenters. The lowest BCUT2D eigenvalue weighted by molar-refractivity contribution is 0.0623. The van der Waals surface area contributed by atoms with Gasteiger partial charge in [-0.15, -0.1) is 0 Å². The summed E-state index contributed by atoms with van der Waals surface area (Å²) in [6, 6.07) is 16.7. The van der Waals surface area contributed by atoms with Crippen LogP contribution in [-0.2, 0) is 6.54 Å². The van der Waals surface area contributed by atoms with Gasteiger partial charge in [0.05, 0.1) is 0 Å². The third-order valence-electron chi connectivity index (χ3n) is 4.81. The van der Waals surface area contributed by atoms with Gasteiger partial charge < -0.3 is 10.2 Å². The van der Waals surface area contributed by atoms with Crippen LogP contribution in [0.1, 0.15) is 28.9 Å². The van der Waals surface area contributed by atoms with E-state index in [4.69, 9.17) is 0 Å². The number of nitrogens with one attached hydrogen (secondary N) is 1. The van der Waals surface area contributed by atoms with Crippen LogP contribution < -0.4 is 5.32 Å². The number of carbonyl (C=O) groups excluding carboxylic acids is 1. The molecule has 0 spiro atoms. The lowest BCUT2D eigenvalue weighted by Gasteiger charge is -2.34. The Morgan fingerprint density at radius 1 is 1.00 bits per heavy atom. The van der Waals surface area contributed by atoms with Crippen LogP contribution in [0.5, 0.6) is 0 Å². The fraction of sp³-hybridized carbons (Fsp3) is 0.400. The highest BCUT2D eigenvalue weighted by atomic mass is 16.2. The van der Waals surface area contributed by atoms with Gasteiger partial charge in [0.15, 0.2) is 0 Å². The van der Waals surface area contributed by atoms with Crippen LogP contribution in [0.4, 0.5) is 5.82 Å².